The molecule has 6 nitrogen and oxygen atoms in total. The molecule has 1 saturated heterocycles. The van der Waals surface area contributed by atoms with Gasteiger partial charge in [0.25, 0.3) is 0 Å². The predicted molar refractivity (Wildman–Crippen MR) is 107 cm³/mol. The third kappa shape index (κ3) is 5.00. The summed E-state index contributed by atoms with van der Waals surface area (Å²) in [5.41, 5.74) is 2.07. The minimum atomic E-state index is -0.302. The Hall–Kier alpha value is -3.19. The van der Waals surface area contributed by atoms with Crippen molar-refractivity contribution in [2.24, 2.45) is 5.92 Å². The van der Waals surface area contributed by atoms with Gasteiger partial charge < -0.3 is 19.9 Å². The van der Waals surface area contributed by atoms with Crippen LogP contribution in [-0.4, -0.2) is 24.2 Å². The molecule has 150 valence electrons. The average Bonchev–Trinajstić information content (AvgIpc) is 3.23. The fraction of sp³-hybridized carbons (Fsp3) is 0.273. The Balaban J connectivity index is 1.35. The number of nitrogens with zero attached hydrogens (tertiary/aromatic N) is 1. The van der Waals surface area contributed by atoms with Gasteiger partial charge in [-0.05, 0) is 62.3 Å². The number of anilines is 1. The summed E-state index contributed by atoms with van der Waals surface area (Å²) in [6.45, 7) is 1.97. The highest BCUT2D eigenvalue weighted by Gasteiger charge is 2.20. The second kappa shape index (κ2) is 8.87. The zero-order valence-corrected chi connectivity index (χ0v) is 15.9. The first kappa shape index (κ1) is 19.1. The first-order chi connectivity index (χ1) is 14.2. The van der Waals surface area contributed by atoms with E-state index >= 15 is 0 Å². The average molecular weight is 395 g/mol. The highest BCUT2D eigenvalue weighted by atomic mass is 19.1. The van der Waals surface area contributed by atoms with Crippen LogP contribution in [0.25, 0.3) is 11.3 Å². The third-order valence-corrected chi connectivity index (χ3v) is 4.89. The number of ether oxygens (including phenoxy) is 1. The molecule has 0 atom stereocenters. The largest absolute Gasteiger partial charge is 0.487 e. The van der Waals surface area contributed by atoms with Gasteiger partial charge in [0.2, 0.25) is 5.91 Å². The van der Waals surface area contributed by atoms with Crippen LogP contribution >= 0.6 is 0 Å². The molecule has 29 heavy (non-hydrogen) atoms. The lowest BCUT2D eigenvalue weighted by Crippen LogP contribution is -2.34. The summed E-state index contributed by atoms with van der Waals surface area (Å²) in [5.74, 6) is 0.958. The van der Waals surface area contributed by atoms with Crippen LogP contribution in [0, 0.1) is 11.7 Å². The van der Waals surface area contributed by atoms with Crippen molar-refractivity contribution in [3.8, 4) is 17.1 Å². The van der Waals surface area contributed by atoms with Crippen molar-refractivity contribution in [1.29, 1.82) is 0 Å². The molecule has 0 saturated carbocycles. The Bertz CT molecular complexity index is 965. The van der Waals surface area contributed by atoms with E-state index in [9.17, 15) is 9.18 Å². The second-order valence-corrected chi connectivity index (χ2v) is 7.02. The topological polar surface area (TPSA) is 76.4 Å². The van der Waals surface area contributed by atoms with Gasteiger partial charge in [0.1, 0.15) is 23.9 Å². The van der Waals surface area contributed by atoms with E-state index < -0.39 is 0 Å². The Morgan fingerprint density at radius 3 is 2.76 bits per heavy atom. The van der Waals surface area contributed by atoms with Crippen LogP contribution in [-0.2, 0) is 11.4 Å². The van der Waals surface area contributed by atoms with Gasteiger partial charge in [0.05, 0.1) is 0 Å². The normalized spacial score (nSPS) is 14.5. The number of hydrogen-bond acceptors (Lipinski definition) is 5. The Morgan fingerprint density at radius 1 is 1.17 bits per heavy atom. The summed E-state index contributed by atoms with van der Waals surface area (Å²) in [5, 5.41) is 10.2. The van der Waals surface area contributed by atoms with Crippen molar-refractivity contribution in [1.82, 2.24) is 10.5 Å². The minimum absolute atomic E-state index is 0.0424. The quantitative estimate of drug-likeness (QED) is 0.660. The number of halogens is 1. The molecular weight excluding hydrogens is 373 g/mol. The van der Waals surface area contributed by atoms with E-state index in [0.29, 0.717) is 22.9 Å². The van der Waals surface area contributed by atoms with Crippen LogP contribution < -0.4 is 15.4 Å². The number of carbonyl (C=O) groups excluding carboxylic acids is 1. The first-order valence-electron chi connectivity index (χ1n) is 9.63. The van der Waals surface area contributed by atoms with Crippen LogP contribution in [0.15, 0.2) is 59.1 Å². The molecule has 0 aliphatic carbocycles. The molecule has 1 aromatic heterocycles. The monoisotopic (exact) mass is 395 g/mol. The summed E-state index contributed by atoms with van der Waals surface area (Å²) in [6, 6.07) is 15.1. The van der Waals surface area contributed by atoms with Crippen LogP contribution in [0.5, 0.6) is 5.75 Å². The van der Waals surface area contributed by atoms with Crippen molar-refractivity contribution in [2.75, 3.05) is 18.4 Å². The maximum absolute atomic E-state index is 13.0. The van der Waals surface area contributed by atoms with Crippen molar-refractivity contribution in [2.45, 2.75) is 19.4 Å². The van der Waals surface area contributed by atoms with Gasteiger partial charge in [-0.2, -0.15) is 0 Å². The molecule has 0 bridgehead atoms. The Kier molecular flexibility index (Phi) is 5.86. The van der Waals surface area contributed by atoms with Gasteiger partial charge in [-0.3, -0.25) is 4.79 Å². The summed E-state index contributed by atoms with van der Waals surface area (Å²) >= 11 is 0. The van der Waals surface area contributed by atoms with Crippen LogP contribution in [0.2, 0.25) is 0 Å². The maximum Gasteiger partial charge on any atom is 0.227 e. The predicted octanol–water partition coefficient (Wildman–Crippen LogP) is 4.00. The standard InChI is InChI=1S/C22H22FN3O3/c23-17-6-4-15(5-7-17)21-13-19(26-29-21)14-28-20-3-1-2-18(12-20)25-22(27)16-8-10-24-11-9-16/h1-7,12-13,16,24H,8-11,14H2,(H,25,27). The number of benzene rings is 2. The van der Waals surface area contributed by atoms with Gasteiger partial charge in [0, 0.05) is 29.3 Å². The fourth-order valence-electron chi connectivity index (χ4n) is 3.28. The van der Waals surface area contributed by atoms with Crippen LogP contribution in [0.1, 0.15) is 18.5 Å². The SMILES string of the molecule is O=C(Nc1cccc(OCc2cc(-c3ccc(F)cc3)on2)c1)C1CCNCC1. The van der Waals surface area contributed by atoms with Crippen LogP contribution in [0.4, 0.5) is 10.1 Å². The smallest absolute Gasteiger partial charge is 0.227 e. The van der Waals surface area contributed by atoms with Gasteiger partial charge in [-0.15, -0.1) is 0 Å². The molecule has 3 aromatic rings. The Morgan fingerprint density at radius 2 is 1.97 bits per heavy atom. The summed E-state index contributed by atoms with van der Waals surface area (Å²) in [4.78, 5) is 12.4. The molecule has 2 heterocycles. The molecule has 0 unspecified atom stereocenters. The van der Waals surface area contributed by atoms with Gasteiger partial charge in [-0.25, -0.2) is 4.39 Å². The maximum atomic E-state index is 13.0. The van der Waals surface area contributed by atoms with E-state index in [-0.39, 0.29) is 24.2 Å². The Labute approximate surface area is 168 Å². The lowest BCUT2D eigenvalue weighted by Gasteiger charge is -2.21. The number of nitrogens with one attached hydrogen (secondary N) is 2. The van der Waals surface area contributed by atoms with E-state index in [1.165, 1.54) is 12.1 Å². The molecule has 0 radical (unpaired) electrons. The number of amides is 1. The van der Waals surface area contributed by atoms with Crippen molar-refractivity contribution < 1.29 is 18.4 Å². The van der Waals surface area contributed by atoms with Crippen LogP contribution in [0.3, 0.4) is 0 Å². The highest BCUT2D eigenvalue weighted by molar-refractivity contribution is 5.92. The number of hydrogen-bond donors (Lipinski definition) is 2. The third-order valence-electron chi connectivity index (χ3n) is 4.89. The van der Waals surface area contributed by atoms with Crippen molar-refractivity contribution in [3.63, 3.8) is 0 Å². The molecule has 2 aromatic carbocycles. The minimum Gasteiger partial charge on any atom is -0.487 e. The molecule has 1 amide bonds. The first-order valence-corrected chi connectivity index (χ1v) is 9.63. The number of carbonyl (C=O) groups is 1. The highest BCUT2D eigenvalue weighted by Crippen LogP contribution is 2.23. The zero-order chi connectivity index (χ0) is 20.1. The number of piperidine rings is 1. The lowest BCUT2D eigenvalue weighted by molar-refractivity contribution is -0.120. The molecule has 1 aliphatic heterocycles. The number of rotatable bonds is 6. The van der Waals surface area contributed by atoms with E-state index in [4.69, 9.17) is 9.26 Å². The molecule has 1 fully saturated rings. The summed E-state index contributed by atoms with van der Waals surface area (Å²) < 4.78 is 24.1. The van der Waals surface area contributed by atoms with Crippen molar-refractivity contribution >= 4 is 11.6 Å². The van der Waals surface area contributed by atoms with E-state index in [2.05, 4.69) is 15.8 Å². The lowest BCUT2D eigenvalue weighted by atomic mass is 9.97. The molecule has 0 spiro atoms. The summed E-state index contributed by atoms with van der Waals surface area (Å²) in [7, 11) is 0. The van der Waals surface area contributed by atoms with Gasteiger partial charge in [-0.1, -0.05) is 11.2 Å². The van der Waals surface area contributed by atoms with E-state index in [1.807, 2.05) is 18.2 Å². The van der Waals surface area contributed by atoms with E-state index in [0.717, 1.165) is 31.5 Å². The van der Waals surface area contributed by atoms with Crippen molar-refractivity contribution in [3.05, 3.63) is 66.1 Å². The zero-order valence-electron chi connectivity index (χ0n) is 15.9. The van der Waals surface area contributed by atoms with E-state index in [1.54, 1.807) is 24.3 Å². The van der Waals surface area contributed by atoms with Gasteiger partial charge >= 0.3 is 0 Å². The summed E-state index contributed by atoms with van der Waals surface area (Å²) in [6.07, 6.45) is 1.70. The fourth-order valence-corrected chi connectivity index (χ4v) is 3.28. The molecule has 1 aliphatic rings. The molecule has 4 rings (SSSR count). The second-order valence-electron chi connectivity index (χ2n) is 7.02. The van der Waals surface area contributed by atoms with Gasteiger partial charge in [0.15, 0.2) is 5.76 Å². The molecular formula is C22H22FN3O3. The molecule has 2 N–H and O–H groups in total. The number of aromatic nitrogens is 1. The molecule has 7 heteroatoms.